The molecule has 0 spiro atoms. The van der Waals surface area contributed by atoms with Crippen molar-refractivity contribution in [2.75, 3.05) is 0 Å². The third-order valence-electron chi connectivity index (χ3n) is 3.12. The number of benzene rings is 1. The van der Waals surface area contributed by atoms with Gasteiger partial charge < -0.3 is 0 Å². The van der Waals surface area contributed by atoms with Crippen LogP contribution >= 0.6 is 27.3 Å². The molecule has 0 unspecified atom stereocenters. The highest BCUT2D eigenvalue weighted by molar-refractivity contribution is 9.10. The summed E-state index contributed by atoms with van der Waals surface area (Å²) in [5.74, 6) is -0.291. The molecule has 18 heavy (non-hydrogen) atoms. The molecular weight excluding hydrogens is 315 g/mol. The van der Waals surface area contributed by atoms with Gasteiger partial charge in [0.2, 0.25) is 0 Å². The minimum atomic E-state index is -0.406. The fraction of sp³-hybridized carbons (Fsp3) is 0.231. The Balaban J connectivity index is 2.04. The number of hydrogen-bond donors (Lipinski definition) is 0. The van der Waals surface area contributed by atoms with Crippen LogP contribution in [0.3, 0.4) is 0 Å². The lowest BCUT2D eigenvalue weighted by Crippen LogP contribution is -2.02. The van der Waals surface area contributed by atoms with Crippen LogP contribution in [0.15, 0.2) is 28.1 Å². The number of aromatic nitrogens is 1. The first-order valence-electron chi connectivity index (χ1n) is 5.47. The maximum absolute atomic E-state index is 13.7. The van der Waals surface area contributed by atoms with Crippen molar-refractivity contribution in [3.8, 4) is 16.6 Å². The summed E-state index contributed by atoms with van der Waals surface area (Å²) in [6, 6.07) is 7.08. The van der Waals surface area contributed by atoms with Crippen LogP contribution in [0.2, 0.25) is 0 Å². The van der Waals surface area contributed by atoms with Gasteiger partial charge in [-0.1, -0.05) is 15.9 Å². The maximum Gasteiger partial charge on any atom is 0.133 e. The van der Waals surface area contributed by atoms with Crippen molar-refractivity contribution >= 4 is 27.3 Å². The zero-order chi connectivity index (χ0) is 12.8. The molecule has 1 saturated carbocycles. The molecule has 2 aromatic rings. The summed E-state index contributed by atoms with van der Waals surface area (Å²) >= 11 is 4.71. The molecule has 1 aromatic carbocycles. The third kappa shape index (κ3) is 1.86. The zero-order valence-corrected chi connectivity index (χ0v) is 11.7. The van der Waals surface area contributed by atoms with Crippen molar-refractivity contribution in [3.63, 3.8) is 0 Å². The molecule has 0 N–H and O–H groups in total. The van der Waals surface area contributed by atoms with Gasteiger partial charge in [-0.3, -0.25) is 0 Å². The molecule has 0 saturated heterocycles. The lowest BCUT2D eigenvalue weighted by molar-refractivity contribution is 0.631. The lowest BCUT2D eigenvalue weighted by atomic mass is 10.1. The minimum absolute atomic E-state index is 0.291. The van der Waals surface area contributed by atoms with E-state index >= 15 is 0 Å². The molecule has 5 heteroatoms. The average Bonchev–Trinajstić information content (AvgIpc) is 3.02. The van der Waals surface area contributed by atoms with E-state index in [9.17, 15) is 4.39 Å². The molecule has 1 aliphatic rings. The van der Waals surface area contributed by atoms with Crippen LogP contribution in [0.1, 0.15) is 18.5 Å². The summed E-state index contributed by atoms with van der Waals surface area (Å²) < 4.78 is 14.6. The van der Waals surface area contributed by atoms with Crippen LogP contribution in [0.5, 0.6) is 0 Å². The largest absolute Gasteiger partial charge is 0.239 e. The number of nitrogens with zero attached hydrogens (tertiary/aromatic N) is 2. The number of thiazole rings is 1. The SMILES string of the molecule is N#CC1(c2csc(-c3cc(Br)ccc3F)n2)CC1. The van der Waals surface area contributed by atoms with Gasteiger partial charge in [-0.05, 0) is 31.0 Å². The number of halogens is 2. The van der Waals surface area contributed by atoms with E-state index in [0.29, 0.717) is 10.6 Å². The highest BCUT2D eigenvalue weighted by Gasteiger charge is 2.47. The molecule has 0 bridgehead atoms. The van der Waals surface area contributed by atoms with Crippen molar-refractivity contribution in [1.82, 2.24) is 4.98 Å². The molecule has 0 amide bonds. The molecule has 1 fully saturated rings. The van der Waals surface area contributed by atoms with Gasteiger partial charge in [0.1, 0.15) is 16.2 Å². The Morgan fingerprint density at radius 1 is 1.44 bits per heavy atom. The first kappa shape index (κ1) is 11.8. The first-order chi connectivity index (χ1) is 8.64. The third-order valence-corrected chi connectivity index (χ3v) is 4.49. The predicted octanol–water partition coefficient (Wildman–Crippen LogP) is 4.27. The van der Waals surface area contributed by atoms with E-state index in [-0.39, 0.29) is 5.82 Å². The van der Waals surface area contributed by atoms with E-state index < -0.39 is 5.41 Å². The van der Waals surface area contributed by atoms with Crippen LogP contribution in [0.25, 0.3) is 10.6 Å². The molecule has 2 nitrogen and oxygen atoms in total. The van der Waals surface area contributed by atoms with E-state index in [1.807, 2.05) is 5.38 Å². The van der Waals surface area contributed by atoms with Gasteiger partial charge in [0, 0.05) is 15.4 Å². The Morgan fingerprint density at radius 2 is 2.22 bits per heavy atom. The van der Waals surface area contributed by atoms with E-state index in [1.165, 1.54) is 17.4 Å². The van der Waals surface area contributed by atoms with E-state index in [1.54, 1.807) is 12.1 Å². The molecule has 0 aliphatic heterocycles. The summed E-state index contributed by atoms with van der Waals surface area (Å²) in [5.41, 5.74) is 0.857. The minimum Gasteiger partial charge on any atom is -0.239 e. The van der Waals surface area contributed by atoms with Crippen LogP contribution < -0.4 is 0 Å². The summed E-state index contributed by atoms with van der Waals surface area (Å²) in [6.45, 7) is 0. The predicted molar refractivity (Wildman–Crippen MR) is 71.7 cm³/mol. The standard InChI is InChI=1S/C13H8BrFN2S/c14-8-1-2-10(15)9(5-8)12-17-11(6-18-12)13(7-16)3-4-13/h1-2,5-6H,3-4H2. The van der Waals surface area contributed by atoms with Gasteiger partial charge >= 0.3 is 0 Å². The summed E-state index contributed by atoms with van der Waals surface area (Å²) in [5, 5.41) is 11.6. The van der Waals surface area contributed by atoms with Crippen LogP contribution in [-0.2, 0) is 5.41 Å². The second-order valence-corrected chi connectivity index (χ2v) is 6.13. The molecular formula is C13H8BrFN2S. The monoisotopic (exact) mass is 322 g/mol. The van der Waals surface area contributed by atoms with Gasteiger partial charge in [0.15, 0.2) is 0 Å². The topological polar surface area (TPSA) is 36.7 Å². The molecule has 0 atom stereocenters. The maximum atomic E-state index is 13.7. The number of nitriles is 1. The molecule has 1 aromatic heterocycles. The molecule has 0 radical (unpaired) electrons. The fourth-order valence-corrected chi connectivity index (χ4v) is 3.13. The summed E-state index contributed by atoms with van der Waals surface area (Å²) in [6.07, 6.45) is 1.71. The lowest BCUT2D eigenvalue weighted by Gasteiger charge is -2.01. The summed E-state index contributed by atoms with van der Waals surface area (Å²) in [7, 11) is 0. The summed E-state index contributed by atoms with van der Waals surface area (Å²) in [4.78, 5) is 4.42. The normalized spacial score (nSPS) is 16.3. The average molecular weight is 323 g/mol. The van der Waals surface area contributed by atoms with Gasteiger partial charge in [-0.25, -0.2) is 9.37 Å². The van der Waals surface area contributed by atoms with Gasteiger partial charge in [-0.2, -0.15) is 5.26 Å². The highest BCUT2D eigenvalue weighted by Crippen LogP contribution is 2.48. The zero-order valence-electron chi connectivity index (χ0n) is 9.28. The van der Waals surface area contributed by atoms with E-state index in [0.717, 1.165) is 23.0 Å². The second kappa shape index (κ2) is 4.15. The van der Waals surface area contributed by atoms with Crippen molar-refractivity contribution < 1.29 is 4.39 Å². The van der Waals surface area contributed by atoms with Crippen molar-refractivity contribution in [1.29, 1.82) is 5.26 Å². The Labute approximate surface area is 116 Å². The van der Waals surface area contributed by atoms with Gasteiger partial charge in [0.25, 0.3) is 0 Å². The van der Waals surface area contributed by atoms with Crippen molar-refractivity contribution in [3.05, 3.63) is 39.6 Å². The van der Waals surface area contributed by atoms with Gasteiger partial charge in [0.05, 0.1) is 11.8 Å². The Kier molecular flexibility index (Phi) is 2.72. The fourth-order valence-electron chi connectivity index (χ4n) is 1.83. The van der Waals surface area contributed by atoms with Crippen molar-refractivity contribution in [2.24, 2.45) is 0 Å². The Bertz CT molecular complexity index is 655. The molecule has 1 heterocycles. The second-order valence-electron chi connectivity index (χ2n) is 4.36. The first-order valence-corrected chi connectivity index (χ1v) is 7.15. The Hall–Kier alpha value is -1.25. The molecule has 90 valence electrons. The van der Waals surface area contributed by atoms with Crippen LogP contribution in [-0.4, -0.2) is 4.98 Å². The van der Waals surface area contributed by atoms with Crippen LogP contribution in [0.4, 0.5) is 4.39 Å². The highest BCUT2D eigenvalue weighted by atomic mass is 79.9. The smallest absolute Gasteiger partial charge is 0.133 e. The number of rotatable bonds is 2. The van der Waals surface area contributed by atoms with Crippen molar-refractivity contribution in [2.45, 2.75) is 18.3 Å². The van der Waals surface area contributed by atoms with E-state index in [2.05, 4.69) is 27.0 Å². The quantitative estimate of drug-likeness (QED) is 0.828. The number of hydrogen-bond acceptors (Lipinski definition) is 3. The van der Waals surface area contributed by atoms with E-state index in [4.69, 9.17) is 5.26 Å². The van der Waals surface area contributed by atoms with Crippen LogP contribution in [0, 0.1) is 17.1 Å². The van der Waals surface area contributed by atoms with Gasteiger partial charge in [-0.15, -0.1) is 11.3 Å². The molecule has 3 rings (SSSR count). The molecule has 1 aliphatic carbocycles. The Morgan fingerprint density at radius 3 is 2.89 bits per heavy atom.